The molecular formula is C23H31FN2O2. The third-order valence-electron chi connectivity index (χ3n) is 7.64. The molecule has 0 unspecified atom stereocenters. The Bertz CT molecular complexity index is 677. The van der Waals surface area contributed by atoms with Gasteiger partial charge < -0.3 is 9.64 Å². The second-order valence-corrected chi connectivity index (χ2v) is 9.63. The summed E-state index contributed by atoms with van der Waals surface area (Å²) < 4.78 is 18.7. The van der Waals surface area contributed by atoms with Crippen LogP contribution in [0.15, 0.2) is 24.3 Å². The van der Waals surface area contributed by atoms with Crippen molar-refractivity contribution in [1.29, 1.82) is 0 Å². The number of amides is 1. The van der Waals surface area contributed by atoms with Crippen molar-refractivity contribution in [2.24, 2.45) is 23.2 Å². The summed E-state index contributed by atoms with van der Waals surface area (Å²) in [6, 6.07) is 6.17. The maximum absolute atomic E-state index is 13.4. The molecule has 1 aliphatic heterocycles. The fraction of sp³-hybridized carbons (Fsp3) is 0.696. The SMILES string of the molecule is O=C(N1CCN(CCOc2ccc(F)cc2)CC1)C12CC3CC(CC(C3)C1)C2. The topological polar surface area (TPSA) is 32.8 Å². The van der Waals surface area contributed by atoms with E-state index in [1.165, 1.54) is 31.4 Å². The Balaban J connectivity index is 1.10. The van der Waals surface area contributed by atoms with Crippen LogP contribution < -0.4 is 4.74 Å². The van der Waals surface area contributed by atoms with Crippen LogP contribution in [-0.4, -0.2) is 55.0 Å². The Morgan fingerprint density at radius 1 is 0.964 bits per heavy atom. The third kappa shape index (κ3) is 3.54. The number of nitrogens with zero attached hydrogens (tertiary/aromatic N) is 2. The van der Waals surface area contributed by atoms with Crippen LogP contribution in [0.5, 0.6) is 5.75 Å². The molecule has 1 amide bonds. The fourth-order valence-corrected chi connectivity index (χ4v) is 6.71. The van der Waals surface area contributed by atoms with Gasteiger partial charge in [-0.3, -0.25) is 9.69 Å². The van der Waals surface area contributed by atoms with Gasteiger partial charge in [-0.2, -0.15) is 0 Å². The van der Waals surface area contributed by atoms with Crippen molar-refractivity contribution in [3.05, 3.63) is 30.1 Å². The van der Waals surface area contributed by atoms with Crippen molar-refractivity contribution in [2.75, 3.05) is 39.3 Å². The Hall–Kier alpha value is -1.62. The molecule has 6 rings (SSSR count). The molecular weight excluding hydrogens is 355 g/mol. The van der Waals surface area contributed by atoms with Crippen molar-refractivity contribution in [2.45, 2.75) is 38.5 Å². The van der Waals surface area contributed by atoms with Gasteiger partial charge in [0.15, 0.2) is 0 Å². The van der Waals surface area contributed by atoms with Crippen molar-refractivity contribution in [3.63, 3.8) is 0 Å². The minimum absolute atomic E-state index is 0.0113. The molecule has 152 valence electrons. The Morgan fingerprint density at radius 3 is 2.11 bits per heavy atom. The number of halogens is 1. The Morgan fingerprint density at radius 2 is 1.54 bits per heavy atom. The predicted octanol–water partition coefficient (Wildman–Crippen LogP) is 3.57. The average Bonchev–Trinajstić information content (AvgIpc) is 2.68. The molecule has 0 spiro atoms. The number of ether oxygens (including phenoxy) is 1. The zero-order valence-electron chi connectivity index (χ0n) is 16.6. The van der Waals surface area contributed by atoms with Crippen LogP contribution in [0, 0.1) is 29.0 Å². The predicted molar refractivity (Wildman–Crippen MR) is 106 cm³/mol. The van der Waals surface area contributed by atoms with Crippen molar-refractivity contribution < 1.29 is 13.9 Å². The molecule has 0 radical (unpaired) electrons. The van der Waals surface area contributed by atoms with Crippen LogP contribution >= 0.6 is 0 Å². The molecule has 0 aromatic heterocycles. The van der Waals surface area contributed by atoms with E-state index < -0.39 is 0 Å². The number of rotatable bonds is 5. The summed E-state index contributed by atoms with van der Waals surface area (Å²) in [6.07, 6.45) is 7.62. The number of benzene rings is 1. The highest BCUT2D eigenvalue weighted by Crippen LogP contribution is 2.60. The van der Waals surface area contributed by atoms with Gasteiger partial charge in [-0.05, 0) is 80.5 Å². The van der Waals surface area contributed by atoms with E-state index in [2.05, 4.69) is 9.80 Å². The molecule has 5 heteroatoms. The van der Waals surface area contributed by atoms with Gasteiger partial charge in [-0.1, -0.05) is 0 Å². The number of hydrogen-bond acceptors (Lipinski definition) is 3. The lowest BCUT2D eigenvalue weighted by atomic mass is 9.49. The van der Waals surface area contributed by atoms with E-state index in [-0.39, 0.29) is 11.2 Å². The minimum atomic E-state index is -0.243. The minimum Gasteiger partial charge on any atom is -0.492 e. The highest BCUT2D eigenvalue weighted by atomic mass is 19.1. The molecule has 4 aliphatic carbocycles. The standard InChI is InChI=1S/C23H31FN2O2/c24-20-1-3-21(4-2-20)28-10-9-25-5-7-26(8-6-25)22(27)23-14-17-11-18(15-23)13-19(12-17)16-23/h1-4,17-19H,5-16H2. The van der Waals surface area contributed by atoms with Crippen LogP contribution in [-0.2, 0) is 4.79 Å². The van der Waals surface area contributed by atoms with Crippen LogP contribution in [0.2, 0.25) is 0 Å². The molecule has 4 saturated carbocycles. The maximum Gasteiger partial charge on any atom is 0.228 e. The number of piperazine rings is 1. The summed E-state index contributed by atoms with van der Waals surface area (Å²) >= 11 is 0. The van der Waals surface area contributed by atoms with Crippen molar-refractivity contribution >= 4 is 5.91 Å². The van der Waals surface area contributed by atoms with Gasteiger partial charge in [0.1, 0.15) is 18.2 Å². The molecule has 1 saturated heterocycles. The van der Waals surface area contributed by atoms with Crippen molar-refractivity contribution in [1.82, 2.24) is 9.80 Å². The van der Waals surface area contributed by atoms with Gasteiger partial charge >= 0.3 is 0 Å². The van der Waals surface area contributed by atoms with Gasteiger partial charge in [-0.15, -0.1) is 0 Å². The molecule has 5 aliphatic rings. The van der Waals surface area contributed by atoms with Gasteiger partial charge in [0.25, 0.3) is 0 Å². The van der Waals surface area contributed by atoms with Crippen LogP contribution in [0.4, 0.5) is 4.39 Å². The highest BCUT2D eigenvalue weighted by molar-refractivity contribution is 5.83. The molecule has 1 heterocycles. The lowest BCUT2D eigenvalue weighted by molar-refractivity contribution is -0.159. The second kappa shape index (κ2) is 7.33. The molecule has 1 aromatic carbocycles. The first kappa shape index (κ1) is 18.4. The fourth-order valence-electron chi connectivity index (χ4n) is 6.71. The van der Waals surface area contributed by atoms with E-state index in [4.69, 9.17) is 4.74 Å². The second-order valence-electron chi connectivity index (χ2n) is 9.63. The first-order valence-corrected chi connectivity index (χ1v) is 11.0. The first-order valence-electron chi connectivity index (χ1n) is 11.0. The molecule has 5 fully saturated rings. The van der Waals surface area contributed by atoms with Gasteiger partial charge in [-0.25, -0.2) is 4.39 Å². The monoisotopic (exact) mass is 386 g/mol. The van der Waals surface area contributed by atoms with Crippen LogP contribution in [0.1, 0.15) is 38.5 Å². The molecule has 28 heavy (non-hydrogen) atoms. The molecule has 0 atom stereocenters. The van der Waals surface area contributed by atoms with Gasteiger partial charge in [0.05, 0.1) is 5.41 Å². The van der Waals surface area contributed by atoms with E-state index in [1.54, 1.807) is 12.1 Å². The third-order valence-corrected chi connectivity index (χ3v) is 7.64. The lowest BCUT2D eigenvalue weighted by Crippen LogP contribution is -2.58. The van der Waals surface area contributed by atoms with Gasteiger partial charge in [0.2, 0.25) is 5.91 Å². The van der Waals surface area contributed by atoms with Crippen LogP contribution in [0.25, 0.3) is 0 Å². The molecule has 4 bridgehead atoms. The zero-order chi connectivity index (χ0) is 19.1. The quantitative estimate of drug-likeness (QED) is 0.776. The molecule has 0 N–H and O–H groups in total. The average molecular weight is 387 g/mol. The summed E-state index contributed by atoms with van der Waals surface area (Å²) in [5.74, 6) is 3.39. The Labute approximate surface area is 167 Å². The zero-order valence-corrected chi connectivity index (χ0v) is 16.6. The largest absolute Gasteiger partial charge is 0.492 e. The van der Waals surface area contributed by atoms with E-state index >= 15 is 0 Å². The smallest absolute Gasteiger partial charge is 0.228 e. The normalized spacial score (nSPS) is 34.6. The molecule has 4 nitrogen and oxygen atoms in total. The highest BCUT2D eigenvalue weighted by Gasteiger charge is 2.55. The number of carbonyl (C=O) groups is 1. The van der Waals surface area contributed by atoms with Crippen LogP contribution in [0.3, 0.4) is 0 Å². The first-order chi connectivity index (χ1) is 13.6. The maximum atomic E-state index is 13.4. The van der Waals surface area contributed by atoms with E-state index in [0.717, 1.165) is 69.7 Å². The summed E-state index contributed by atoms with van der Waals surface area (Å²) in [5.41, 5.74) is -0.0113. The summed E-state index contributed by atoms with van der Waals surface area (Å²) in [6.45, 7) is 4.97. The van der Waals surface area contributed by atoms with E-state index in [0.29, 0.717) is 18.3 Å². The summed E-state index contributed by atoms with van der Waals surface area (Å²) in [4.78, 5) is 18.0. The summed E-state index contributed by atoms with van der Waals surface area (Å²) in [7, 11) is 0. The van der Waals surface area contributed by atoms with Crippen molar-refractivity contribution in [3.8, 4) is 5.75 Å². The van der Waals surface area contributed by atoms with E-state index in [9.17, 15) is 9.18 Å². The number of hydrogen-bond donors (Lipinski definition) is 0. The molecule has 1 aromatic rings. The Kier molecular flexibility index (Phi) is 4.82. The van der Waals surface area contributed by atoms with Gasteiger partial charge in [0, 0.05) is 32.7 Å². The van der Waals surface area contributed by atoms with E-state index in [1.807, 2.05) is 0 Å². The summed E-state index contributed by atoms with van der Waals surface area (Å²) in [5, 5.41) is 0. The lowest BCUT2D eigenvalue weighted by Gasteiger charge is -2.57. The number of carbonyl (C=O) groups excluding carboxylic acids is 1.